The fraction of sp³-hybridized carbons (Fsp3) is 0.533. The van der Waals surface area contributed by atoms with Crippen LogP contribution in [0.3, 0.4) is 0 Å². The van der Waals surface area contributed by atoms with E-state index >= 15 is 0 Å². The lowest BCUT2D eigenvalue weighted by Crippen LogP contribution is -2.26. The van der Waals surface area contributed by atoms with Crippen molar-refractivity contribution < 1.29 is 15.0 Å². The average Bonchev–Trinajstić information content (AvgIpc) is 2.20. The van der Waals surface area contributed by atoms with Crippen molar-refractivity contribution in [1.29, 1.82) is 0 Å². The number of phenolic OH excluding ortho intramolecular Hbond substituents is 1. The summed E-state index contributed by atoms with van der Waals surface area (Å²) >= 11 is 3.43. The molecule has 0 saturated heterocycles. The maximum absolute atomic E-state index is 11.2. The van der Waals surface area contributed by atoms with Gasteiger partial charge in [-0.05, 0) is 43.4 Å². The van der Waals surface area contributed by atoms with Crippen LogP contribution < -0.4 is 0 Å². The highest BCUT2D eigenvalue weighted by atomic mass is 79.9. The zero-order chi connectivity index (χ0) is 15.0. The number of carbonyl (C=O) groups is 1. The fourth-order valence-corrected chi connectivity index (χ4v) is 2.42. The van der Waals surface area contributed by atoms with Crippen molar-refractivity contribution in [2.24, 2.45) is 5.41 Å². The van der Waals surface area contributed by atoms with E-state index in [1.54, 1.807) is 19.9 Å². The van der Waals surface area contributed by atoms with Gasteiger partial charge in [0.25, 0.3) is 0 Å². The molecule has 0 saturated carbocycles. The molecule has 0 heterocycles. The lowest BCUT2D eigenvalue weighted by atomic mass is 9.81. The van der Waals surface area contributed by atoms with Crippen molar-refractivity contribution in [2.75, 3.05) is 0 Å². The van der Waals surface area contributed by atoms with Gasteiger partial charge in [-0.15, -0.1) is 0 Å². The number of carboxylic acids is 1. The van der Waals surface area contributed by atoms with Crippen LogP contribution in [-0.4, -0.2) is 16.2 Å². The Balaban J connectivity index is 3.31. The van der Waals surface area contributed by atoms with Crippen molar-refractivity contribution in [3.05, 3.63) is 27.7 Å². The van der Waals surface area contributed by atoms with Crippen LogP contribution in [0.25, 0.3) is 0 Å². The molecule has 3 nitrogen and oxygen atoms in total. The molecule has 0 aliphatic carbocycles. The number of halogens is 1. The van der Waals surface area contributed by atoms with E-state index in [-0.39, 0.29) is 17.6 Å². The zero-order valence-electron chi connectivity index (χ0n) is 12.0. The van der Waals surface area contributed by atoms with Gasteiger partial charge in [-0.3, -0.25) is 4.79 Å². The van der Waals surface area contributed by atoms with Crippen LogP contribution in [0.2, 0.25) is 0 Å². The molecule has 1 aromatic rings. The van der Waals surface area contributed by atoms with Crippen LogP contribution in [0.5, 0.6) is 5.75 Å². The van der Waals surface area contributed by atoms with E-state index in [9.17, 15) is 15.0 Å². The third-order valence-corrected chi connectivity index (χ3v) is 3.63. The molecule has 2 N–H and O–H groups in total. The summed E-state index contributed by atoms with van der Waals surface area (Å²) in [6.07, 6.45) is 0.288. The van der Waals surface area contributed by atoms with Gasteiger partial charge in [0.05, 0.1) is 5.41 Å². The second-order valence-corrected chi connectivity index (χ2v) is 7.49. The predicted octanol–water partition coefficient (Wildman–Crippen LogP) is 4.11. The molecule has 1 aromatic carbocycles. The third kappa shape index (κ3) is 3.72. The molecule has 0 unspecified atom stereocenters. The van der Waals surface area contributed by atoms with Gasteiger partial charge >= 0.3 is 5.97 Å². The molecule has 0 aliphatic heterocycles. The molecule has 4 heteroatoms. The minimum absolute atomic E-state index is 0.198. The Hall–Kier alpha value is -1.03. The van der Waals surface area contributed by atoms with Crippen LogP contribution in [-0.2, 0) is 16.6 Å². The minimum atomic E-state index is -0.909. The topological polar surface area (TPSA) is 57.5 Å². The highest BCUT2D eigenvalue weighted by Crippen LogP contribution is 2.38. The second kappa shape index (κ2) is 5.16. The summed E-state index contributed by atoms with van der Waals surface area (Å²) in [6.45, 7) is 9.36. The number of benzene rings is 1. The smallest absolute Gasteiger partial charge is 0.309 e. The SMILES string of the molecule is CC(C)(Cc1cc(Br)cc(C(C)(C)C)c1O)C(=O)O. The summed E-state index contributed by atoms with van der Waals surface area (Å²) in [5.74, 6) is -0.672. The van der Waals surface area contributed by atoms with Crippen molar-refractivity contribution in [3.63, 3.8) is 0 Å². The first kappa shape index (κ1) is 16.0. The highest BCUT2D eigenvalue weighted by Gasteiger charge is 2.30. The van der Waals surface area contributed by atoms with Gasteiger partial charge < -0.3 is 10.2 Å². The van der Waals surface area contributed by atoms with E-state index < -0.39 is 11.4 Å². The predicted molar refractivity (Wildman–Crippen MR) is 79.6 cm³/mol. The average molecular weight is 329 g/mol. The van der Waals surface area contributed by atoms with Crippen LogP contribution in [0.4, 0.5) is 0 Å². The summed E-state index contributed by atoms with van der Waals surface area (Å²) in [5, 5.41) is 19.6. The Morgan fingerprint density at radius 3 is 2.16 bits per heavy atom. The number of aliphatic carboxylic acids is 1. The Morgan fingerprint density at radius 2 is 1.74 bits per heavy atom. The Morgan fingerprint density at radius 1 is 1.21 bits per heavy atom. The molecule has 19 heavy (non-hydrogen) atoms. The third-order valence-electron chi connectivity index (χ3n) is 3.17. The monoisotopic (exact) mass is 328 g/mol. The van der Waals surface area contributed by atoms with Gasteiger partial charge in [-0.2, -0.15) is 0 Å². The first-order valence-corrected chi connectivity index (χ1v) is 7.00. The minimum Gasteiger partial charge on any atom is -0.507 e. The molecule has 1 rings (SSSR count). The first-order valence-electron chi connectivity index (χ1n) is 6.20. The maximum atomic E-state index is 11.2. The van der Waals surface area contributed by atoms with Crippen molar-refractivity contribution in [1.82, 2.24) is 0 Å². The van der Waals surface area contributed by atoms with Gasteiger partial charge in [0.2, 0.25) is 0 Å². The lowest BCUT2D eigenvalue weighted by molar-refractivity contribution is -0.146. The largest absolute Gasteiger partial charge is 0.507 e. The van der Waals surface area contributed by atoms with Crippen molar-refractivity contribution in [2.45, 2.75) is 46.5 Å². The van der Waals surface area contributed by atoms with Crippen LogP contribution in [0.1, 0.15) is 45.7 Å². The number of aromatic hydroxyl groups is 1. The molecule has 0 aliphatic rings. The van der Waals surface area contributed by atoms with E-state index in [0.29, 0.717) is 5.56 Å². The molecular weight excluding hydrogens is 308 g/mol. The summed E-state index contributed by atoms with van der Waals surface area (Å²) in [6, 6.07) is 3.67. The Bertz CT molecular complexity index is 499. The van der Waals surface area contributed by atoms with Gasteiger partial charge in [-0.1, -0.05) is 36.7 Å². The first-order chi connectivity index (χ1) is 8.45. The maximum Gasteiger partial charge on any atom is 0.309 e. The van der Waals surface area contributed by atoms with Gasteiger partial charge in [-0.25, -0.2) is 0 Å². The summed E-state index contributed by atoms with van der Waals surface area (Å²) in [4.78, 5) is 11.2. The summed E-state index contributed by atoms with van der Waals surface area (Å²) < 4.78 is 0.853. The van der Waals surface area contributed by atoms with Gasteiger partial charge in [0, 0.05) is 10.0 Å². The second-order valence-electron chi connectivity index (χ2n) is 6.58. The van der Waals surface area contributed by atoms with E-state index in [1.807, 2.05) is 26.8 Å². The highest BCUT2D eigenvalue weighted by molar-refractivity contribution is 9.10. The Kier molecular flexibility index (Phi) is 4.35. The number of carboxylic acid groups (broad SMARTS) is 1. The van der Waals surface area contributed by atoms with Crippen molar-refractivity contribution in [3.8, 4) is 5.75 Å². The Labute approximate surface area is 122 Å². The van der Waals surface area contributed by atoms with E-state index in [2.05, 4.69) is 15.9 Å². The number of hydrogen-bond donors (Lipinski definition) is 2. The van der Waals surface area contributed by atoms with Gasteiger partial charge in [0.1, 0.15) is 5.75 Å². The molecular formula is C15H21BrO3. The van der Waals surface area contributed by atoms with E-state index in [4.69, 9.17) is 0 Å². The van der Waals surface area contributed by atoms with Gasteiger partial charge in [0.15, 0.2) is 0 Å². The van der Waals surface area contributed by atoms with Crippen molar-refractivity contribution >= 4 is 21.9 Å². The fourth-order valence-electron chi connectivity index (χ4n) is 1.91. The molecule has 0 spiro atoms. The molecule has 0 atom stereocenters. The normalized spacial score (nSPS) is 12.5. The number of rotatable bonds is 3. The van der Waals surface area contributed by atoms with Crippen LogP contribution in [0, 0.1) is 5.41 Å². The number of hydrogen-bond acceptors (Lipinski definition) is 2. The molecule has 0 aromatic heterocycles. The van der Waals surface area contributed by atoms with E-state index in [0.717, 1.165) is 10.0 Å². The summed E-state index contributed by atoms with van der Waals surface area (Å²) in [5.41, 5.74) is 0.369. The van der Waals surface area contributed by atoms with Crippen LogP contribution >= 0.6 is 15.9 Å². The van der Waals surface area contributed by atoms with Crippen LogP contribution in [0.15, 0.2) is 16.6 Å². The quantitative estimate of drug-likeness (QED) is 0.877. The van der Waals surface area contributed by atoms with E-state index in [1.165, 1.54) is 0 Å². The lowest BCUT2D eigenvalue weighted by Gasteiger charge is -2.25. The zero-order valence-corrected chi connectivity index (χ0v) is 13.6. The molecule has 0 bridgehead atoms. The molecule has 0 radical (unpaired) electrons. The molecule has 0 fully saturated rings. The standard InChI is InChI=1S/C15H21BrO3/c1-14(2,3)11-7-10(16)6-9(12(11)17)8-15(4,5)13(18)19/h6-7,17H,8H2,1-5H3,(H,18,19). The summed E-state index contributed by atoms with van der Waals surface area (Å²) in [7, 11) is 0. The molecule has 106 valence electrons. The molecule has 0 amide bonds. The number of phenols is 1.